The zero-order chi connectivity index (χ0) is 81.0. The first-order chi connectivity index (χ1) is 49.4. The van der Waals surface area contributed by atoms with Crippen LogP contribution < -0.4 is 0 Å². The fourth-order valence-electron chi connectivity index (χ4n) is 11.0. The standard InChI is InChI=1S/C7H14O.C7H14S.2C6H12O2.3C6H12OS.C6H12O.2C6H12S2.C6H12S.C5H10O2.C5H10OS.C5H10S2/c2*1-7(2)5-3-4-6-8-7;1-6(2)5-7-3-4-8-6;1-6(2)7-4-3-5-8-6;1-6(2)5-8-4-3-7-6;1-6(2)5-7-3-4-8-6;1-6(2)7-4-3-5-8-6;1-6(2)4-3-5-7-6;1-6(2)5-7-3-4-8-6;1-6(2)7-4-3-5-8-6;1-6(2)4-3-5-7-6;3*1-5(2)6-3-4-7-5/h2*3-6H2,1-2H3;5*3-5H2,1-2H3;3-5H2,1-2H3;2*3-5H2,1-2H3;3-5H2,1-2H3;3*3-4H2,1-2H3. The summed E-state index contributed by atoms with van der Waals surface area (Å²) in [5, 5.41) is 0. The van der Waals surface area contributed by atoms with Crippen LogP contribution in [0, 0.1) is 0 Å². The molecule has 0 amide bonds. The highest BCUT2D eigenvalue weighted by Gasteiger charge is 2.31. The minimum Gasteiger partial charge on any atom is -0.379 e. The summed E-state index contributed by atoms with van der Waals surface area (Å²) in [5.74, 6) is 17.5. The highest BCUT2D eigenvalue weighted by molar-refractivity contribution is 8.21. The first kappa shape index (κ1) is 109. The highest BCUT2D eigenvalue weighted by atomic mass is 32.2. The summed E-state index contributed by atoms with van der Waals surface area (Å²) in [6.45, 7) is 72.7. The van der Waals surface area contributed by atoms with Crippen molar-refractivity contribution in [3.63, 3.8) is 0 Å². The average molecular weight is 1740 g/mol. The van der Waals surface area contributed by atoms with E-state index in [1.807, 2.05) is 88.6 Å². The van der Waals surface area contributed by atoms with Crippen molar-refractivity contribution in [2.75, 3.05) is 173 Å². The lowest BCUT2D eigenvalue weighted by Gasteiger charge is -2.29. The van der Waals surface area contributed by atoms with Gasteiger partial charge in [0.05, 0.1) is 103 Å². The van der Waals surface area contributed by atoms with Crippen LogP contribution in [-0.4, -0.2) is 244 Å². The predicted molar refractivity (Wildman–Crippen MR) is 498 cm³/mol. The largest absolute Gasteiger partial charge is 0.379 e. The Morgan fingerprint density at radius 2 is 0.579 bits per heavy atom. The molecule has 642 valence electrons. The average Bonchev–Trinajstić information content (AvgIpc) is 1.82. The van der Waals surface area contributed by atoms with Gasteiger partial charge in [-0.1, -0.05) is 34.1 Å². The van der Waals surface area contributed by atoms with Gasteiger partial charge in [-0.15, -0.1) is 70.6 Å². The zero-order valence-corrected chi connectivity index (χ0v) is 83.6. The molecule has 0 aromatic rings. The van der Waals surface area contributed by atoms with Crippen molar-refractivity contribution in [2.45, 2.75) is 348 Å². The third-order valence-electron chi connectivity index (χ3n) is 17.4. The number of rotatable bonds is 0. The number of hydrogen-bond acceptors (Lipinski definition) is 24. The van der Waals surface area contributed by atoms with Crippen LogP contribution in [0.1, 0.15) is 277 Å². The van der Waals surface area contributed by atoms with E-state index in [1.165, 1.54) is 140 Å². The molecule has 0 atom stereocenters. The Morgan fingerprint density at radius 1 is 0.196 bits per heavy atom. The maximum atomic E-state index is 5.47. The second kappa shape index (κ2) is 55.6. The Bertz CT molecular complexity index is 1660. The fraction of sp³-hybridized carbons (Fsp3) is 1.00. The number of hydrogen-bond donors (Lipinski definition) is 0. The Kier molecular flexibility index (Phi) is 56.5. The summed E-state index contributed by atoms with van der Waals surface area (Å²) in [4.78, 5) is 0.207. The molecule has 0 unspecified atom stereocenters. The van der Waals surface area contributed by atoms with Crippen molar-refractivity contribution in [1.29, 1.82) is 0 Å². The molecule has 0 saturated carbocycles. The Morgan fingerprint density at radius 3 is 0.785 bits per heavy atom. The van der Waals surface area contributed by atoms with Crippen molar-refractivity contribution in [3.8, 4) is 0 Å². The number of thioether (sulfide) groups is 12. The quantitative estimate of drug-likeness (QED) is 0.229. The van der Waals surface area contributed by atoms with E-state index in [2.05, 4.69) is 246 Å². The Hall–Kier alpha value is 3.72. The lowest BCUT2D eigenvalue weighted by Crippen LogP contribution is -2.37. The van der Waals surface area contributed by atoms with E-state index in [4.69, 9.17) is 56.8 Å². The summed E-state index contributed by atoms with van der Waals surface area (Å²) in [7, 11) is 0. The highest BCUT2D eigenvalue weighted by Crippen LogP contribution is 2.43. The lowest BCUT2D eigenvalue weighted by molar-refractivity contribution is -0.244. The third-order valence-corrected chi connectivity index (χ3v) is 34.9. The van der Waals surface area contributed by atoms with E-state index in [9.17, 15) is 0 Å². The molecule has 12 nitrogen and oxygen atoms in total. The second-order valence-electron chi connectivity index (χ2n) is 35.8. The molecule has 0 bridgehead atoms. The van der Waals surface area contributed by atoms with Crippen LogP contribution in [-0.2, 0) is 56.8 Å². The summed E-state index contributed by atoms with van der Waals surface area (Å²) < 4.78 is 66.6. The SMILES string of the molecule is CC1(C)CCCCO1.CC1(C)CCCCS1.CC1(C)CCCO1.CC1(C)CCCS1.CC1(C)COCCO1.CC1(C)COCCS1.CC1(C)CSCCO1.CC1(C)CSCCS1.CC1(C)OCCCO1.CC1(C)OCCCS1.CC1(C)OCCO1.CC1(C)OCCS1.CC1(C)SCCCS1.CC1(C)SCCS1. The molecule has 14 rings (SSSR count). The van der Waals surface area contributed by atoms with Crippen molar-refractivity contribution in [1.82, 2.24) is 0 Å². The van der Waals surface area contributed by atoms with Crippen LogP contribution in [0.15, 0.2) is 0 Å². The number of ether oxygens (including phenoxy) is 12. The van der Waals surface area contributed by atoms with E-state index in [0.29, 0.717) is 27.1 Å². The minimum atomic E-state index is -0.321. The molecule has 14 aliphatic heterocycles. The summed E-state index contributed by atoms with van der Waals surface area (Å²) in [6.07, 6.45) is 17.1. The van der Waals surface area contributed by atoms with Gasteiger partial charge in [-0.25, -0.2) is 0 Å². The normalized spacial score (nSPS) is 27.9. The van der Waals surface area contributed by atoms with Gasteiger partial charge in [0.25, 0.3) is 0 Å². The second-order valence-corrected chi connectivity index (χ2v) is 56.0. The summed E-state index contributed by atoms with van der Waals surface area (Å²) in [5.41, 5.74) is 0.472. The molecule has 14 aliphatic rings. The van der Waals surface area contributed by atoms with E-state index in [-0.39, 0.29) is 43.8 Å². The van der Waals surface area contributed by atoms with Crippen molar-refractivity contribution < 1.29 is 56.8 Å². The molecule has 0 aliphatic carbocycles. The van der Waals surface area contributed by atoms with Crippen LogP contribution in [0.5, 0.6) is 0 Å². The molecule has 24 heteroatoms. The smallest absolute Gasteiger partial charge is 0.162 e. The van der Waals surface area contributed by atoms with Crippen molar-refractivity contribution >= 4 is 141 Å². The Balaban J connectivity index is 0.000000576. The molecule has 107 heavy (non-hydrogen) atoms. The van der Waals surface area contributed by atoms with Gasteiger partial charge in [0.2, 0.25) is 0 Å². The molecule has 14 heterocycles. The van der Waals surface area contributed by atoms with Gasteiger partial charge in [-0.2, -0.15) is 70.6 Å². The molecule has 0 aromatic heterocycles. The van der Waals surface area contributed by atoms with E-state index in [0.717, 1.165) is 116 Å². The van der Waals surface area contributed by atoms with Crippen LogP contribution in [0.4, 0.5) is 0 Å². The van der Waals surface area contributed by atoms with E-state index >= 15 is 0 Å². The minimum absolute atomic E-state index is 0.0434. The molecule has 0 radical (unpaired) electrons. The molecule has 14 fully saturated rings. The van der Waals surface area contributed by atoms with E-state index in [1.54, 1.807) is 0 Å². The molecular weight excluding hydrogens is 1570 g/mol. The topological polar surface area (TPSA) is 111 Å². The van der Waals surface area contributed by atoms with Gasteiger partial charge < -0.3 is 56.8 Å². The molecule has 0 spiro atoms. The third kappa shape index (κ3) is 66.2. The molecule has 14 saturated heterocycles. The Labute approximate surface area is 712 Å². The molecular formula is C83H166O12S12. The van der Waals surface area contributed by atoms with Gasteiger partial charge in [-0.05, 0) is 272 Å². The fourth-order valence-corrected chi connectivity index (χ4v) is 24.5. The van der Waals surface area contributed by atoms with Crippen molar-refractivity contribution in [2.24, 2.45) is 0 Å². The summed E-state index contributed by atoms with van der Waals surface area (Å²) in [6, 6.07) is 0. The van der Waals surface area contributed by atoms with Gasteiger partial charge in [0.15, 0.2) is 11.6 Å². The van der Waals surface area contributed by atoms with Gasteiger partial charge in [0.1, 0.15) is 9.87 Å². The summed E-state index contributed by atoms with van der Waals surface area (Å²) >= 11 is 24.4. The first-order valence-corrected chi connectivity index (χ1v) is 52.7. The predicted octanol–water partition coefficient (Wildman–Crippen LogP) is 24.7. The first-order valence-electron chi connectivity index (χ1n) is 40.5. The molecule has 0 N–H and O–H groups in total. The lowest BCUT2D eigenvalue weighted by atomic mass is 9.99. The van der Waals surface area contributed by atoms with Crippen LogP contribution >= 0.6 is 141 Å². The van der Waals surface area contributed by atoms with Crippen LogP contribution in [0.25, 0.3) is 0 Å². The van der Waals surface area contributed by atoms with Crippen LogP contribution in [0.3, 0.4) is 0 Å². The van der Waals surface area contributed by atoms with Gasteiger partial charge in [0, 0.05) is 90.6 Å². The van der Waals surface area contributed by atoms with Crippen LogP contribution in [0.2, 0.25) is 0 Å². The maximum absolute atomic E-state index is 5.47. The monoisotopic (exact) mass is 1740 g/mol. The van der Waals surface area contributed by atoms with Gasteiger partial charge >= 0.3 is 0 Å². The molecule has 0 aromatic carbocycles. The van der Waals surface area contributed by atoms with E-state index < -0.39 is 0 Å². The maximum Gasteiger partial charge on any atom is 0.162 e. The van der Waals surface area contributed by atoms with Crippen molar-refractivity contribution in [3.05, 3.63) is 0 Å². The van der Waals surface area contributed by atoms with Gasteiger partial charge in [-0.3, -0.25) is 0 Å². The zero-order valence-electron chi connectivity index (χ0n) is 73.8.